The Morgan fingerprint density at radius 2 is 2.40 bits per heavy atom. The fourth-order valence-electron chi connectivity index (χ4n) is 1.15. The summed E-state index contributed by atoms with van der Waals surface area (Å²) in [5, 5.41) is 3.18. The van der Waals surface area contributed by atoms with E-state index in [-0.39, 0.29) is 5.91 Å². The lowest BCUT2D eigenvalue weighted by atomic mass is 10.4. The summed E-state index contributed by atoms with van der Waals surface area (Å²) in [4.78, 5) is 13.0. The standard InChI is InChI=1S/C7H14N2O/c1-2-9-6-5-8-4-3-7(9)10/h8H,2-6H2,1H3. The fourth-order valence-corrected chi connectivity index (χ4v) is 1.15. The molecular weight excluding hydrogens is 128 g/mol. The van der Waals surface area contributed by atoms with E-state index in [2.05, 4.69) is 5.32 Å². The average molecular weight is 142 g/mol. The number of nitrogens with zero attached hydrogens (tertiary/aromatic N) is 1. The number of carbonyl (C=O) groups excluding carboxylic acids is 1. The van der Waals surface area contributed by atoms with Crippen LogP contribution in [0.3, 0.4) is 0 Å². The first kappa shape index (κ1) is 7.54. The molecule has 1 saturated heterocycles. The van der Waals surface area contributed by atoms with Crippen molar-refractivity contribution in [3.63, 3.8) is 0 Å². The highest BCUT2D eigenvalue weighted by Crippen LogP contribution is 1.95. The molecule has 1 heterocycles. The lowest BCUT2D eigenvalue weighted by Gasteiger charge is -2.16. The van der Waals surface area contributed by atoms with Crippen LogP contribution in [0.2, 0.25) is 0 Å². The smallest absolute Gasteiger partial charge is 0.223 e. The van der Waals surface area contributed by atoms with Gasteiger partial charge in [0.1, 0.15) is 0 Å². The van der Waals surface area contributed by atoms with E-state index in [1.54, 1.807) is 0 Å². The third-order valence-corrected chi connectivity index (χ3v) is 1.81. The Labute approximate surface area is 61.4 Å². The van der Waals surface area contributed by atoms with Crippen molar-refractivity contribution in [1.29, 1.82) is 0 Å². The number of likely N-dealkylation sites (N-methyl/N-ethyl adjacent to an activating group) is 1. The molecule has 1 aliphatic rings. The molecule has 3 nitrogen and oxygen atoms in total. The maximum absolute atomic E-state index is 11.1. The number of rotatable bonds is 1. The van der Waals surface area contributed by atoms with Crippen molar-refractivity contribution in [2.24, 2.45) is 0 Å². The van der Waals surface area contributed by atoms with Crippen LogP contribution in [0.4, 0.5) is 0 Å². The quantitative estimate of drug-likeness (QED) is 0.551. The Hall–Kier alpha value is -0.570. The van der Waals surface area contributed by atoms with Gasteiger partial charge in [-0.05, 0) is 6.92 Å². The maximum atomic E-state index is 11.1. The number of hydrogen-bond donors (Lipinski definition) is 1. The number of hydrogen-bond acceptors (Lipinski definition) is 2. The van der Waals surface area contributed by atoms with Crippen molar-refractivity contribution in [2.75, 3.05) is 26.2 Å². The molecule has 0 bridgehead atoms. The lowest BCUT2D eigenvalue weighted by Crippen LogP contribution is -2.31. The van der Waals surface area contributed by atoms with Gasteiger partial charge in [-0.15, -0.1) is 0 Å². The van der Waals surface area contributed by atoms with Gasteiger partial charge in [-0.3, -0.25) is 4.79 Å². The first-order valence-electron chi connectivity index (χ1n) is 3.83. The van der Waals surface area contributed by atoms with Crippen LogP contribution in [0, 0.1) is 0 Å². The van der Waals surface area contributed by atoms with Crippen LogP contribution in [0.1, 0.15) is 13.3 Å². The number of amides is 1. The Morgan fingerprint density at radius 1 is 1.60 bits per heavy atom. The van der Waals surface area contributed by atoms with E-state index in [1.807, 2.05) is 11.8 Å². The third kappa shape index (κ3) is 1.70. The molecule has 1 N–H and O–H groups in total. The zero-order valence-corrected chi connectivity index (χ0v) is 6.39. The molecular formula is C7H14N2O. The van der Waals surface area contributed by atoms with Gasteiger partial charge in [-0.1, -0.05) is 0 Å². The maximum Gasteiger partial charge on any atom is 0.223 e. The van der Waals surface area contributed by atoms with Crippen molar-refractivity contribution in [1.82, 2.24) is 10.2 Å². The van der Waals surface area contributed by atoms with Crippen LogP contribution in [0.15, 0.2) is 0 Å². The first-order chi connectivity index (χ1) is 4.84. The summed E-state index contributed by atoms with van der Waals surface area (Å²) in [5.74, 6) is 0.285. The molecule has 0 atom stereocenters. The average Bonchev–Trinajstić information content (AvgIpc) is 2.13. The summed E-state index contributed by atoms with van der Waals surface area (Å²) in [6.07, 6.45) is 0.661. The normalized spacial score (nSPS) is 20.9. The molecule has 0 saturated carbocycles. The van der Waals surface area contributed by atoms with Crippen molar-refractivity contribution in [2.45, 2.75) is 13.3 Å². The van der Waals surface area contributed by atoms with Crippen LogP contribution >= 0.6 is 0 Å². The Morgan fingerprint density at radius 3 is 3.10 bits per heavy atom. The summed E-state index contributed by atoms with van der Waals surface area (Å²) in [6, 6.07) is 0. The molecule has 0 aromatic heterocycles. The summed E-state index contributed by atoms with van der Waals surface area (Å²) >= 11 is 0. The Bertz CT molecular complexity index is 125. The molecule has 1 aliphatic heterocycles. The summed E-state index contributed by atoms with van der Waals surface area (Å²) in [5.41, 5.74) is 0. The molecule has 0 radical (unpaired) electrons. The minimum atomic E-state index is 0.285. The van der Waals surface area contributed by atoms with Crippen LogP contribution < -0.4 is 5.32 Å². The molecule has 0 spiro atoms. The SMILES string of the molecule is CCN1CCNCCC1=O. The molecule has 0 aromatic rings. The van der Waals surface area contributed by atoms with E-state index >= 15 is 0 Å². The van der Waals surface area contributed by atoms with Crippen LogP contribution in [-0.2, 0) is 4.79 Å². The highest BCUT2D eigenvalue weighted by molar-refractivity contribution is 5.76. The molecule has 1 rings (SSSR count). The topological polar surface area (TPSA) is 32.3 Å². The monoisotopic (exact) mass is 142 g/mol. The van der Waals surface area contributed by atoms with E-state index in [4.69, 9.17) is 0 Å². The minimum Gasteiger partial charge on any atom is -0.342 e. The van der Waals surface area contributed by atoms with Gasteiger partial charge in [0.25, 0.3) is 0 Å². The minimum absolute atomic E-state index is 0.285. The van der Waals surface area contributed by atoms with E-state index in [1.165, 1.54) is 0 Å². The van der Waals surface area contributed by atoms with Crippen LogP contribution in [0.25, 0.3) is 0 Å². The second kappa shape index (κ2) is 3.56. The molecule has 0 aromatic carbocycles. The summed E-state index contributed by atoms with van der Waals surface area (Å²) in [6.45, 7) is 5.52. The summed E-state index contributed by atoms with van der Waals surface area (Å²) < 4.78 is 0. The number of nitrogens with one attached hydrogen (secondary N) is 1. The van der Waals surface area contributed by atoms with Gasteiger partial charge >= 0.3 is 0 Å². The van der Waals surface area contributed by atoms with Gasteiger partial charge < -0.3 is 10.2 Å². The van der Waals surface area contributed by atoms with Crippen LogP contribution in [-0.4, -0.2) is 37.0 Å². The van der Waals surface area contributed by atoms with Crippen molar-refractivity contribution < 1.29 is 4.79 Å². The second-order valence-electron chi connectivity index (χ2n) is 2.47. The Kier molecular flexibility index (Phi) is 2.68. The van der Waals surface area contributed by atoms with Crippen LogP contribution in [0.5, 0.6) is 0 Å². The predicted octanol–water partition coefficient (Wildman–Crippen LogP) is -0.172. The van der Waals surface area contributed by atoms with Crippen molar-refractivity contribution in [3.05, 3.63) is 0 Å². The fraction of sp³-hybridized carbons (Fsp3) is 0.857. The molecule has 10 heavy (non-hydrogen) atoms. The highest BCUT2D eigenvalue weighted by Gasteiger charge is 2.12. The molecule has 1 amide bonds. The van der Waals surface area contributed by atoms with Gasteiger partial charge in [0.05, 0.1) is 0 Å². The van der Waals surface area contributed by atoms with E-state index in [0.29, 0.717) is 6.42 Å². The second-order valence-corrected chi connectivity index (χ2v) is 2.47. The zero-order valence-electron chi connectivity index (χ0n) is 6.39. The van der Waals surface area contributed by atoms with E-state index < -0.39 is 0 Å². The first-order valence-corrected chi connectivity index (χ1v) is 3.83. The molecule has 1 fully saturated rings. The van der Waals surface area contributed by atoms with Crippen molar-refractivity contribution >= 4 is 5.91 Å². The van der Waals surface area contributed by atoms with Gasteiger partial charge in [0, 0.05) is 32.6 Å². The van der Waals surface area contributed by atoms with Gasteiger partial charge in [0.15, 0.2) is 0 Å². The lowest BCUT2D eigenvalue weighted by molar-refractivity contribution is -0.130. The predicted molar refractivity (Wildman–Crippen MR) is 39.7 cm³/mol. The largest absolute Gasteiger partial charge is 0.342 e. The highest BCUT2D eigenvalue weighted by atomic mass is 16.2. The third-order valence-electron chi connectivity index (χ3n) is 1.81. The molecule has 0 unspecified atom stereocenters. The molecule has 58 valence electrons. The van der Waals surface area contributed by atoms with Gasteiger partial charge in [-0.2, -0.15) is 0 Å². The molecule has 3 heteroatoms. The number of carbonyl (C=O) groups is 1. The van der Waals surface area contributed by atoms with Gasteiger partial charge in [-0.25, -0.2) is 0 Å². The van der Waals surface area contributed by atoms with E-state index in [0.717, 1.165) is 26.2 Å². The van der Waals surface area contributed by atoms with Crippen molar-refractivity contribution in [3.8, 4) is 0 Å². The van der Waals surface area contributed by atoms with Gasteiger partial charge in [0.2, 0.25) is 5.91 Å². The summed E-state index contributed by atoms with van der Waals surface area (Å²) in [7, 11) is 0. The van der Waals surface area contributed by atoms with E-state index in [9.17, 15) is 4.79 Å². The Balaban J connectivity index is 2.43. The molecule has 0 aliphatic carbocycles. The zero-order chi connectivity index (χ0) is 7.40.